The molecule has 1 aromatic carbocycles. The van der Waals surface area contributed by atoms with Crippen LogP contribution in [0, 0.1) is 0 Å². The second-order valence-corrected chi connectivity index (χ2v) is 6.47. The Bertz CT molecular complexity index is 676. The molecule has 0 bridgehead atoms. The van der Waals surface area contributed by atoms with E-state index in [1.807, 2.05) is 12.1 Å². The van der Waals surface area contributed by atoms with Crippen molar-refractivity contribution in [2.24, 2.45) is 5.16 Å². The predicted molar refractivity (Wildman–Crippen MR) is 97.5 cm³/mol. The van der Waals surface area contributed by atoms with Crippen LogP contribution in [0.4, 0.5) is 0 Å². The molecule has 26 heavy (non-hydrogen) atoms. The SMILES string of the molecule is CC(=O)O/N=C/[C@@H]1CCCN1C(=O)CCC(=O)NCc1ccc(Cl)cc1. The largest absolute Gasteiger partial charge is 0.352 e. The lowest BCUT2D eigenvalue weighted by Gasteiger charge is -2.21. The first kappa shape index (κ1) is 19.9. The molecule has 7 nitrogen and oxygen atoms in total. The molecule has 1 aliphatic rings. The highest BCUT2D eigenvalue weighted by atomic mass is 35.5. The number of carbonyl (C=O) groups excluding carboxylic acids is 3. The van der Waals surface area contributed by atoms with Crippen molar-refractivity contribution in [2.45, 2.75) is 45.2 Å². The van der Waals surface area contributed by atoms with Gasteiger partial charge in [-0.15, -0.1) is 0 Å². The van der Waals surface area contributed by atoms with Gasteiger partial charge in [0.1, 0.15) is 0 Å². The first-order valence-corrected chi connectivity index (χ1v) is 8.85. The maximum absolute atomic E-state index is 12.3. The van der Waals surface area contributed by atoms with Crippen LogP contribution >= 0.6 is 11.6 Å². The summed E-state index contributed by atoms with van der Waals surface area (Å²) in [5.74, 6) is -0.796. The number of nitrogens with zero attached hydrogens (tertiary/aromatic N) is 2. The smallest absolute Gasteiger partial charge is 0.331 e. The molecule has 1 fully saturated rings. The lowest BCUT2D eigenvalue weighted by atomic mass is 10.2. The van der Waals surface area contributed by atoms with Crippen LogP contribution in [0.15, 0.2) is 29.4 Å². The molecule has 2 amide bonds. The Morgan fingerprint density at radius 1 is 1.31 bits per heavy atom. The number of oxime groups is 1. The predicted octanol–water partition coefficient (Wildman–Crippen LogP) is 2.28. The molecule has 2 rings (SSSR count). The number of carbonyl (C=O) groups is 3. The van der Waals surface area contributed by atoms with E-state index in [1.54, 1.807) is 17.0 Å². The van der Waals surface area contributed by atoms with Crippen molar-refractivity contribution in [1.29, 1.82) is 0 Å². The van der Waals surface area contributed by atoms with Gasteiger partial charge in [0.15, 0.2) is 0 Å². The van der Waals surface area contributed by atoms with Crippen molar-refractivity contribution in [2.75, 3.05) is 6.54 Å². The van der Waals surface area contributed by atoms with Gasteiger partial charge in [-0.3, -0.25) is 9.59 Å². The Hall–Kier alpha value is -2.41. The fourth-order valence-electron chi connectivity index (χ4n) is 2.69. The van der Waals surface area contributed by atoms with Crippen molar-refractivity contribution >= 4 is 35.6 Å². The molecular weight excluding hydrogens is 358 g/mol. The number of hydrogen-bond donors (Lipinski definition) is 1. The van der Waals surface area contributed by atoms with E-state index in [1.165, 1.54) is 13.1 Å². The average Bonchev–Trinajstić information content (AvgIpc) is 3.07. The van der Waals surface area contributed by atoms with Crippen molar-refractivity contribution < 1.29 is 19.2 Å². The quantitative estimate of drug-likeness (QED) is 0.447. The lowest BCUT2D eigenvalue weighted by Crippen LogP contribution is -2.37. The van der Waals surface area contributed by atoms with Gasteiger partial charge in [-0.2, -0.15) is 0 Å². The first-order valence-electron chi connectivity index (χ1n) is 8.47. The number of rotatable bonds is 7. The van der Waals surface area contributed by atoms with E-state index in [2.05, 4.69) is 15.3 Å². The number of likely N-dealkylation sites (tertiary alicyclic amines) is 1. The molecule has 140 valence electrons. The van der Waals surface area contributed by atoms with Crippen molar-refractivity contribution in [3.05, 3.63) is 34.9 Å². The summed E-state index contributed by atoms with van der Waals surface area (Å²) in [6, 6.07) is 7.00. The van der Waals surface area contributed by atoms with Crippen LogP contribution in [0.5, 0.6) is 0 Å². The van der Waals surface area contributed by atoms with Crippen molar-refractivity contribution in [3.63, 3.8) is 0 Å². The first-order chi connectivity index (χ1) is 12.5. The molecule has 0 unspecified atom stereocenters. The molecule has 0 spiro atoms. The summed E-state index contributed by atoms with van der Waals surface area (Å²) in [5.41, 5.74) is 0.940. The van der Waals surface area contributed by atoms with Crippen molar-refractivity contribution in [1.82, 2.24) is 10.2 Å². The molecule has 0 saturated carbocycles. The third-order valence-electron chi connectivity index (χ3n) is 4.00. The second kappa shape index (κ2) is 9.91. The molecule has 1 aromatic rings. The summed E-state index contributed by atoms with van der Waals surface area (Å²) in [7, 11) is 0. The normalized spacial score (nSPS) is 16.7. The molecule has 0 aromatic heterocycles. The molecule has 0 aliphatic carbocycles. The zero-order valence-corrected chi connectivity index (χ0v) is 15.4. The van der Waals surface area contributed by atoms with E-state index in [9.17, 15) is 14.4 Å². The summed E-state index contributed by atoms with van der Waals surface area (Å²) >= 11 is 5.82. The summed E-state index contributed by atoms with van der Waals surface area (Å²) < 4.78 is 0. The summed E-state index contributed by atoms with van der Waals surface area (Å²) in [6.07, 6.45) is 3.33. The van der Waals surface area contributed by atoms with Crippen LogP contribution in [-0.4, -0.2) is 41.5 Å². The number of benzene rings is 1. The standard InChI is InChI=1S/C18H22ClN3O4/c1-13(23)26-21-12-16-3-2-10-22(16)18(25)9-8-17(24)20-11-14-4-6-15(19)7-5-14/h4-7,12,16H,2-3,8-11H2,1H3,(H,20,24)/b21-12+/t16-/m0/s1. The van der Waals surface area contributed by atoms with Gasteiger partial charge < -0.3 is 15.1 Å². The van der Waals surface area contributed by atoms with Gasteiger partial charge in [0.2, 0.25) is 11.8 Å². The molecule has 0 radical (unpaired) electrons. The second-order valence-electron chi connectivity index (χ2n) is 6.04. The molecule has 1 aliphatic heterocycles. The van der Waals surface area contributed by atoms with E-state index in [0.29, 0.717) is 18.1 Å². The number of halogens is 1. The van der Waals surface area contributed by atoms with Crippen LogP contribution in [-0.2, 0) is 25.8 Å². The number of nitrogens with one attached hydrogen (secondary N) is 1. The third-order valence-corrected chi connectivity index (χ3v) is 4.25. The van der Waals surface area contributed by atoms with Crippen LogP contribution in [0.1, 0.15) is 38.2 Å². The fraction of sp³-hybridized carbons (Fsp3) is 0.444. The van der Waals surface area contributed by atoms with Gasteiger partial charge in [0, 0.05) is 37.9 Å². The third kappa shape index (κ3) is 6.48. The highest BCUT2D eigenvalue weighted by Gasteiger charge is 2.27. The molecule has 1 heterocycles. The molecular formula is C18H22ClN3O4. The summed E-state index contributed by atoms with van der Waals surface area (Å²) in [6.45, 7) is 2.27. The minimum absolute atomic E-state index is 0.108. The minimum Gasteiger partial charge on any atom is -0.352 e. The molecule has 1 N–H and O–H groups in total. The zero-order valence-electron chi connectivity index (χ0n) is 14.6. The van der Waals surface area contributed by atoms with Crippen LogP contribution in [0.3, 0.4) is 0 Å². The Labute approximate surface area is 157 Å². The Balaban J connectivity index is 1.74. The maximum Gasteiger partial charge on any atom is 0.331 e. The van der Waals surface area contributed by atoms with Gasteiger partial charge in [-0.05, 0) is 30.5 Å². The maximum atomic E-state index is 12.3. The molecule has 1 atom stereocenters. The van der Waals surface area contributed by atoms with E-state index in [0.717, 1.165) is 18.4 Å². The van der Waals surface area contributed by atoms with Crippen LogP contribution < -0.4 is 5.32 Å². The highest BCUT2D eigenvalue weighted by molar-refractivity contribution is 6.30. The topological polar surface area (TPSA) is 88.1 Å². The Morgan fingerprint density at radius 3 is 2.73 bits per heavy atom. The van der Waals surface area contributed by atoms with Gasteiger partial charge in [-0.25, -0.2) is 4.79 Å². The van der Waals surface area contributed by atoms with Crippen LogP contribution in [0.25, 0.3) is 0 Å². The van der Waals surface area contributed by atoms with E-state index in [-0.39, 0.29) is 30.7 Å². The van der Waals surface area contributed by atoms with E-state index >= 15 is 0 Å². The minimum atomic E-state index is -0.505. The summed E-state index contributed by atoms with van der Waals surface area (Å²) in [4.78, 5) is 41.2. The Kier molecular flexibility index (Phi) is 7.59. The number of hydrogen-bond acceptors (Lipinski definition) is 5. The van der Waals surface area contributed by atoms with Gasteiger partial charge in [-0.1, -0.05) is 28.9 Å². The van der Waals surface area contributed by atoms with Crippen molar-refractivity contribution in [3.8, 4) is 0 Å². The fourth-order valence-corrected chi connectivity index (χ4v) is 2.81. The number of amides is 2. The monoisotopic (exact) mass is 379 g/mol. The van der Waals surface area contributed by atoms with E-state index < -0.39 is 5.97 Å². The lowest BCUT2D eigenvalue weighted by molar-refractivity contribution is -0.140. The Morgan fingerprint density at radius 2 is 2.04 bits per heavy atom. The van der Waals surface area contributed by atoms with Gasteiger partial charge in [0.25, 0.3) is 0 Å². The zero-order chi connectivity index (χ0) is 18.9. The van der Waals surface area contributed by atoms with E-state index in [4.69, 9.17) is 11.6 Å². The van der Waals surface area contributed by atoms with Crippen LogP contribution in [0.2, 0.25) is 5.02 Å². The van der Waals surface area contributed by atoms with Gasteiger partial charge in [0.05, 0.1) is 12.3 Å². The molecule has 1 saturated heterocycles. The highest BCUT2D eigenvalue weighted by Crippen LogP contribution is 2.17. The summed E-state index contributed by atoms with van der Waals surface area (Å²) in [5, 5.41) is 7.02. The molecule has 8 heteroatoms. The average molecular weight is 380 g/mol. The van der Waals surface area contributed by atoms with Gasteiger partial charge >= 0.3 is 5.97 Å².